The quantitative estimate of drug-likeness (QED) is 0.543. The Morgan fingerprint density at radius 1 is 1.09 bits per heavy atom. The Hall–Kier alpha value is -3.52. The number of nitrogens with zero attached hydrogens (tertiary/aromatic N) is 3. The normalized spacial score (nSPS) is 16.5. The number of rotatable bonds is 6. The number of carbonyl (C=O) groups excluding carboxylic acids is 2. The van der Waals surface area contributed by atoms with E-state index in [-0.39, 0.29) is 22.8 Å². The van der Waals surface area contributed by atoms with Gasteiger partial charge in [0, 0.05) is 55.1 Å². The van der Waals surface area contributed by atoms with E-state index in [1.54, 1.807) is 36.5 Å². The van der Waals surface area contributed by atoms with E-state index in [4.69, 9.17) is 0 Å². The molecule has 0 spiro atoms. The number of hydrogen-bond acceptors (Lipinski definition) is 5. The van der Waals surface area contributed by atoms with E-state index < -0.39 is 17.2 Å². The number of hydrogen-bond donors (Lipinski definition) is 1. The van der Waals surface area contributed by atoms with Crippen LogP contribution in [-0.2, 0) is 0 Å². The van der Waals surface area contributed by atoms with Crippen LogP contribution in [0.1, 0.15) is 53.4 Å². The number of anilines is 2. The number of fused-ring (bicyclic) bond motifs is 1. The van der Waals surface area contributed by atoms with Gasteiger partial charge >= 0.3 is 0 Å². The molecule has 3 aromatic rings. The van der Waals surface area contributed by atoms with Crippen LogP contribution in [0.4, 0.5) is 15.8 Å². The Morgan fingerprint density at radius 2 is 1.83 bits per heavy atom. The van der Waals surface area contributed by atoms with Crippen molar-refractivity contribution in [1.29, 1.82) is 0 Å². The van der Waals surface area contributed by atoms with Gasteiger partial charge in [-0.15, -0.1) is 0 Å². The molecular weight excluding hydrogens is 447 g/mol. The maximum absolute atomic E-state index is 15.3. The molecule has 1 aliphatic heterocycles. The third-order valence-corrected chi connectivity index (χ3v) is 6.97. The minimum atomic E-state index is -0.577. The third kappa shape index (κ3) is 4.58. The van der Waals surface area contributed by atoms with Crippen molar-refractivity contribution in [3.63, 3.8) is 0 Å². The number of ketones is 1. The summed E-state index contributed by atoms with van der Waals surface area (Å²) >= 11 is 0. The zero-order chi connectivity index (χ0) is 24.7. The minimum absolute atomic E-state index is 0.0404. The number of nitrogens with one attached hydrogen (secondary N) is 1. The number of benzene rings is 2. The van der Waals surface area contributed by atoms with Crippen LogP contribution in [0.2, 0.25) is 0 Å². The fourth-order valence-electron chi connectivity index (χ4n) is 4.74. The van der Waals surface area contributed by atoms with Gasteiger partial charge in [-0.2, -0.15) is 0 Å². The Kier molecular flexibility index (Phi) is 6.15. The molecule has 1 amide bonds. The highest BCUT2D eigenvalue weighted by molar-refractivity contribution is 6.06. The predicted octanol–water partition coefficient (Wildman–Crippen LogP) is 4.07. The highest BCUT2D eigenvalue weighted by atomic mass is 19.1. The molecule has 1 aliphatic carbocycles. The van der Waals surface area contributed by atoms with Crippen LogP contribution in [0.25, 0.3) is 10.9 Å². The van der Waals surface area contributed by atoms with Crippen molar-refractivity contribution in [3.8, 4) is 0 Å². The second kappa shape index (κ2) is 9.26. The lowest BCUT2D eigenvalue weighted by Gasteiger charge is -2.35. The van der Waals surface area contributed by atoms with Gasteiger partial charge in [-0.3, -0.25) is 14.4 Å². The molecule has 35 heavy (non-hydrogen) atoms. The van der Waals surface area contributed by atoms with Crippen LogP contribution in [0.5, 0.6) is 0 Å². The maximum atomic E-state index is 15.3. The van der Waals surface area contributed by atoms with E-state index in [0.717, 1.165) is 45.6 Å². The second-order valence-electron chi connectivity index (χ2n) is 9.34. The summed E-state index contributed by atoms with van der Waals surface area (Å²) in [5, 5.41) is 2.93. The largest absolute Gasteiger partial charge is 0.367 e. The molecule has 0 radical (unpaired) electrons. The summed E-state index contributed by atoms with van der Waals surface area (Å²) < 4.78 is 17.2. The number of amides is 1. The second-order valence-corrected chi connectivity index (χ2v) is 9.34. The van der Waals surface area contributed by atoms with Crippen LogP contribution in [0, 0.1) is 5.82 Å². The van der Waals surface area contributed by atoms with Gasteiger partial charge in [0.15, 0.2) is 5.78 Å². The minimum Gasteiger partial charge on any atom is -0.367 e. The summed E-state index contributed by atoms with van der Waals surface area (Å²) in [5.74, 6) is -1.15. The lowest BCUT2D eigenvalue weighted by atomic mass is 10.1. The summed E-state index contributed by atoms with van der Waals surface area (Å²) in [6.07, 6.45) is 3.49. The van der Waals surface area contributed by atoms with E-state index in [1.807, 2.05) is 9.47 Å². The molecule has 2 fully saturated rings. The Labute approximate surface area is 203 Å². The molecule has 1 N–H and O–H groups in total. The molecule has 0 atom stereocenters. The number of piperazine rings is 1. The van der Waals surface area contributed by atoms with E-state index in [0.29, 0.717) is 22.5 Å². The molecule has 7 nitrogen and oxygen atoms in total. The van der Waals surface area contributed by atoms with Crippen LogP contribution < -0.4 is 15.6 Å². The summed E-state index contributed by atoms with van der Waals surface area (Å²) in [6.45, 7) is 7.73. The first-order valence-electron chi connectivity index (χ1n) is 12.1. The van der Waals surface area contributed by atoms with Gasteiger partial charge in [0.2, 0.25) is 5.43 Å². The molecule has 8 heteroatoms. The molecule has 0 bridgehead atoms. The Bertz CT molecular complexity index is 1370. The van der Waals surface area contributed by atoms with Gasteiger partial charge in [0.05, 0.1) is 11.2 Å². The number of pyridine rings is 1. The van der Waals surface area contributed by atoms with Gasteiger partial charge in [-0.25, -0.2) is 4.39 Å². The van der Waals surface area contributed by atoms with Crippen molar-refractivity contribution in [3.05, 3.63) is 69.8 Å². The van der Waals surface area contributed by atoms with Crippen molar-refractivity contribution in [2.45, 2.75) is 32.7 Å². The van der Waals surface area contributed by atoms with Crippen LogP contribution in [0.15, 0.2) is 47.4 Å². The molecule has 0 unspecified atom stereocenters. The summed E-state index contributed by atoms with van der Waals surface area (Å²) in [4.78, 5) is 42.5. The van der Waals surface area contributed by atoms with Crippen molar-refractivity contribution in [2.75, 3.05) is 42.9 Å². The summed E-state index contributed by atoms with van der Waals surface area (Å²) in [6, 6.07) is 9.80. The molecule has 182 valence electrons. The molecule has 1 saturated carbocycles. The van der Waals surface area contributed by atoms with Crippen molar-refractivity contribution >= 4 is 34.0 Å². The van der Waals surface area contributed by atoms with Gasteiger partial charge in [0.25, 0.3) is 5.91 Å². The first-order valence-corrected chi connectivity index (χ1v) is 12.1. The van der Waals surface area contributed by atoms with Gasteiger partial charge in [-0.1, -0.05) is 19.1 Å². The SMILES string of the molecule is CCN1CCN(c2cc3c(cc2F)c(=O)c(C(=O)Nc2cccc(C(C)=O)c2)cn3C2CC2)CC1. The average Bonchev–Trinajstić information content (AvgIpc) is 3.70. The first-order chi connectivity index (χ1) is 16.9. The predicted molar refractivity (Wildman–Crippen MR) is 135 cm³/mol. The van der Waals surface area contributed by atoms with E-state index >= 15 is 4.39 Å². The smallest absolute Gasteiger partial charge is 0.261 e. The first kappa shape index (κ1) is 23.2. The lowest BCUT2D eigenvalue weighted by Crippen LogP contribution is -2.46. The zero-order valence-electron chi connectivity index (χ0n) is 20.0. The molecule has 2 aliphatic rings. The number of carbonyl (C=O) groups is 2. The summed E-state index contributed by atoms with van der Waals surface area (Å²) in [5.41, 5.74) is 1.50. The number of halogens is 1. The van der Waals surface area contributed by atoms with Crippen molar-refractivity contribution in [1.82, 2.24) is 9.47 Å². The zero-order valence-corrected chi connectivity index (χ0v) is 20.0. The third-order valence-electron chi connectivity index (χ3n) is 6.97. The Morgan fingerprint density at radius 3 is 2.49 bits per heavy atom. The fourth-order valence-corrected chi connectivity index (χ4v) is 4.74. The molecule has 2 aromatic carbocycles. The standard InChI is InChI=1S/C27H29FN4O3/c1-3-30-9-11-31(12-10-30)25-15-24-21(14-23(25)28)26(34)22(16-32(24)20-7-8-20)27(35)29-19-6-4-5-18(13-19)17(2)33/h4-6,13-16,20H,3,7-12H2,1-2H3,(H,29,35). The number of aromatic nitrogens is 1. The average molecular weight is 477 g/mol. The van der Waals surface area contributed by atoms with E-state index in [1.165, 1.54) is 13.0 Å². The van der Waals surface area contributed by atoms with Crippen LogP contribution in [-0.4, -0.2) is 53.9 Å². The number of Topliss-reactive ketones (excluding diaryl/α,β-unsaturated/α-hetero) is 1. The molecule has 1 saturated heterocycles. The lowest BCUT2D eigenvalue weighted by molar-refractivity contribution is 0.101. The monoisotopic (exact) mass is 476 g/mol. The van der Waals surface area contributed by atoms with Gasteiger partial charge < -0.3 is 19.7 Å². The molecular formula is C27H29FN4O3. The van der Waals surface area contributed by atoms with Crippen molar-refractivity contribution in [2.24, 2.45) is 0 Å². The van der Waals surface area contributed by atoms with E-state index in [9.17, 15) is 14.4 Å². The van der Waals surface area contributed by atoms with Gasteiger partial charge in [0.1, 0.15) is 11.4 Å². The number of likely N-dealkylation sites (N-methyl/N-ethyl adjacent to an activating group) is 1. The summed E-state index contributed by atoms with van der Waals surface area (Å²) in [7, 11) is 0. The van der Waals surface area contributed by atoms with E-state index in [2.05, 4.69) is 17.1 Å². The molecule has 5 rings (SSSR count). The highest BCUT2D eigenvalue weighted by Crippen LogP contribution is 2.38. The van der Waals surface area contributed by atoms with Crippen LogP contribution >= 0.6 is 0 Å². The highest BCUT2D eigenvalue weighted by Gasteiger charge is 2.28. The topological polar surface area (TPSA) is 74.7 Å². The fraction of sp³-hybridized carbons (Fsp3) is 0.370. The van der Waals surface area contributed by atoms with Gasteiger partial charge in [-0.05, 0) is 50.6 Å². The van der Waals surface area contributed by atoms with Crippen LogP contribution in [0.3, 0.4) is 0 Å². The van der Waals surface area contributed by atoms with Crippen molar-refractivity contribution < 1.29 is 14.0 Å². The Balaban J connectivity index is 1.53. The molecule has 2 heterocycles. The maximum Gasteiger partial charge on any atom is 0.261 e. The molecule has 1 aromatic heterocycles.